The van der Waals surface area contributed by atoms with E-state index in [4.69, 9.17) is 22.1 Å². The number of ether oxygens (including phenoxy) is 1. The van der Waals surface area contributed by atoms with E-state index in [1.165, 1.54) is 5.56 Å². The zero-order valence-corrected chi connectivity index (χ0v) is 12.4. The van der Waals surface area contributed by atoms with E-state index in [1.54, 1.807) is 0 Å². The van der Waals surface area contributed by atoms with E-state index in [1.807, 2.05) is 42.5 Å². The number of nitrogens with two attached hydrogens (primary N) is 1. The van der Waals surface area contributed by atoms with Crippen molar-refractivity contribution in [1.29, 1.82) is 0 Å². The van der Waals surface area contributed by atoms with Crippen molar-refractivity contribution in [3.8, 4) is 5.75 Å². The smallest absolute Gasteiger partial charge is 0.120 e. The van der Waals surface area contributed by atoms with Gasteiger partial charge in [-0.15, -0.1) is 0 Å². The first-order valence-corrected chi connectivity index (χ1v) is 7.27. The van der Waals surface area contributed by atoms with Gasteiger partial charge in [0.25, 0.3) is 0 Å². The number of benzene rings is 2. The Morgan fingerprint density at radius 1 is 1.15 bits per heavy atom. The average molecular weight is 290 g/mol. The van der Waals surface area contributed by atoms with Crippen molar-refractivity contribution in [3.05, 3.63) is 64.7 Å². The largest absolute Gasteiger partial charge is 0.489 e. The number of halogens is 1. The molecule has 2 nitrogen and oxygen atoms in total. The predicted molar refractivity (Wildman–Crippen MR) is 84.2 cm³/mol. The van der Waals surface area contributed by atoms with E-state index in [2.05, 4.69) is 13.0 Å². The van der Waals surface area contributed by atoms with Gasteiger partial charge < -0.3 is 10.5 Å². The van der Waals surface area contributed by atoms with E-state index in [0.717, 1.165) is 29.2 Å². The maximum atomic E-state index is 6.11. The minimum Gasteiger partial charge on any atom is -0.489 e. The molecule has 0 aliphatic heterocycles. The van der Waals surface area contributed by atoms with Crippen LogP contribution in [0.3, 0.4) is 0 Å². The Morgan fingerprint density at radius 2 is 1.95 bits per heavy atom. The normalized spacial score (nSPS) is 12.2. The first kappa shape index (κ1) is 14.9. The van der Waals surface area contributed by atoms with Gasteiger partial charge in [-0.2, -0.15) is 0 Å². The van der Waals surface area contributed by atoms with Crippen molar-refractivity contribution < 1.29 is 4.74 Å². The van der Waals surface area contributed by atoms with Crippen LogP contribution in [0.2, 0.25) is 5.02 Å². The van der Waals surface area contributed by atoms with Crippen molar-refractivity contribution in [3.63, 3.8) is 0 Å². The molecule has 0 saturated carbocycles. The highest BCUT2D eigenvalue weighted by Gasteiger charge is 2.04. The van der Waals surface area contributed by atoms with Crippen LogP contribution in [0.15, 0.2) is 48.5 Å². The van der Waals surface area contributed by atoms with Gasteiger partial charge in [-0.05, 0) is 36.6 Å². The first-order valence-electron chi connectivity index (χ1n) is 6.89. The van der Waals surface area contributed by atoms with Crippen LogP contribution in [0.1, 0.15) is 24.5 Å². The summed E-state index contributed by atoms with van der Waals surface area (Å²) in [6.07, 6.45) is 1.85. The Morgan fingerprint density at radius 3 is 2.70 bits per heavy atom. The minimum absolute atomic E-state index is 0.203. The van der Waals surface area contributed by atoms with E-state index in [0.29, 0.717) is 6.61 Å². The van der Waals surface area contributed by atoms with Crippen LogP contribution in [-0.4, -0.2) is 6.04 Å². The Labute approximate surface area is 125 Å². The highest BCUT2D eigenvalue weighted by Crippen LogP contribution is 2.20. The van der Waals surface area contributed by atoms with Gasteiger partial charge in [0.05, 0.1) is 0 Å². The molecule has 3 heteroatoms. The zero-order chi connectivity index (χ0) is 14.4. The lowest BCUT2D eigenvalue weighted by Gasteiger charge is -2.11. The zero-order valence-electron chi connectivity index (χ0n) is 11.7. The van der Waals surface area contributed by atoms with Crippen LogP contribution in [0, 0.1) is 0 Å². The van der Waals surface area contributed by atoms with E-state index in [-0.39, 0.29) is 6.04 Å². The first-order chi connectivity index (χ1) is 9.69. The molecule has 2 N–H and O–H groups in total. The second kappa shape index (κ2) is 7.32. The molecule has 0 amide bonds. The molecule has 0 aliphatic carbocycles. The molecule has 0 radical (unpaired) electrons. The molecule has 20 heavy (non-hydrogen) atoms. The third kappa shape index (κ3) is 4.26. The molecule has 106 valence electrons. The highest BCUT2D eigenvalue weighted by atomic mass is 35.5. The summed E-state index contributed by atoms with van der Waals surface area (Å²) in [6, 6.07) is 16.0. The Bertz CT molecular complexity index is 556. The molecule has 0 aliphatic rings. The molecule has 0 saturated heterocycles. The predicted octanol–water partition coefficient (Wildman–Crippen LogP) is 4.20. The molecule has 2 aromatic carbocycles. The summed E-state index contributed by atoms with van der Waals surface area (Å²) in [6.45, 7) is 2.57. The van der Waals surface area contributed by atoms with Gasteiger partial charge in [0.1, 0.15) is 12.4 Å². The lowest BCUT2D eigenvalue weighted by atomic mass is 10.0. The second-order valence-corrected chi connectivity index (χ2v) is 5.31. The van der Waals surface area contributed by atoms with Gasteiger partial charge in [-0.1, -0.05) is 48.9 Å². The molecular formula is C17H20ClNO. The average Bonchev–Trinajstić information content (AvgIpc) is 2.47. The standard InChI is InChI=1S/C17H20ClNO/c1-2-15(19)10-13-6-5-8-16(11-13)20-12-14-7-3-4-9-17(14)18/h3-9,11,15H,2,10,12,19H2,1H3. The van der Waals surface area contributed by atoms with Crippen LogP contribution in [-0.2, 0) is 13.0 Å². The summed E-state index contributed by atoms with van der Waals surface area (Å²) >= 11 is 6.11. The molecular weight excluding hydrogens is 270 g/mol. The number of rotatable bonds is 6. The monoisotopic (exact) mass is 289 g/mol. The minimum atomic E-state index is 0.203. The fourth-order valence-corrected chi connectivity index (χ4v) is 2.18. The van der Waals surface area contributed by atoms with Gasteiger partial charge >= 0.3 is 0 Å². The maximum absolute atomic E-state index is 6.11. The van der Waals surface area contributed by atoms with Crippen molar-refractivity contribution in [2.24, 2.45) is 5.73 Å². The second-order valence-electron chi connectivity index (χ2n) is 4.90. The number of hydrogen-bond acceptors (Lipinski definition) is 2. The summed E-state index contributed by atoms with van der Waals surface area (Å²) < 4.78 is 5.80. The van der Waals surface area contributed by atoms with E-state index in [9.17, 15) is 0 Å². The number of hydrogen-bond donors (Lipinski definition) is 1. The molecule has 2 aromatic rings. The lowest BCUT2D eigenvalue weighted by Crippen LogP contribution is -2.21. The van der Waals surface area contributed by atoms with Gasteiger partial charge in [-0.25, -0.2) is 0 Å². The van der Waals surface area contributed by atoms with Crippen molar-refractivity contribution in [2.75, 3.05) is 0 Å². The summed E-state index contributed by atoms with van der Waals surface area (Å²) in [7, 11) is 0. The Kier molecular flexibility index (Phi) is 5.45. The maximum Gasteiger partial charge on any atom is 0.120 e. The molecule has 0 fully saturated rings. The van der Waals surface area contributed by atoms with Crippen molar-refractivity contribution >= 4 is 11.6 Å². The summed E-state index contributed by atoms with van der Waals surface area (Å²) in [4.78, 5) is 0. The molecule has 0 aromatic heterocycles. The molecule has 1 atom stereocenters. The Hall–Kier alpha value is -1.51. The van der Waals surface area contributed by atoms with Crippen LogP contribution >= 0.6 is 11.6 Å². The van der Waals surface area contributed by atoms with Gasteiger partial charge in [0.15, 0.2) is 0 Å². The van der Waals surface area contributed by atoms with Crippen LogP contribution in [0.25, 0.3) is 0 Å². The molecule has 0 spiro atoms. The summed E-state index contributed by atoms with van der Waals surface area (Å²) in [5, 5.41) is 0.733. The third-order valence-corrected chi connectivity index (χ3v) is 3.64. The van der Waals surface area contributed by atoms with Gasteiger partial charge in [0.2, 0.25) is 0 Å². The van der Waals surface area contributed by atoms with Crippen molar-refractivity contribution in [2.45, 2.75) is 32.4 Å². The van der Waals surface area contributed by atoms with Gasteiger partial charge in [-0.3, -0.25) is 0 Å². The van der Waals surface area contributed by atoms with Crippen LogP contribution in [0.5, 0.6) is 5.75 Å². The molecule has 0 heterocycles. The molecule has 2 rings (SSSR count). The third-order valence-electron chi connectivity index (χ3n) is 3.27. The van der Waals surface area contributed by atoms with E-state index >= 15 is 0 Å². The van der Waals surface area contributed by atoms with Crippen LogP contribution in [0.4, 0.5) is 0 Å². The van der Waals surface area contributed by atoms with E-state index < -0.39 is 0 Å². The SMILES string of the molecule is CCC(N)Cc1cccc(OCc2ccccc2Cl)c1. The van der Waals surface area contributed by atoms with Crippen LogP contribution < -0.4 is 10.5 Å². The topological polar surface area (TPSA) is 35.2 Å². The molecule has 0 bridgehead atoms. The van der Waals surface area contributed by atoms with Gasteiger partial charge in [0, 0.05) is 16.6 Å². The van der Waals surface area contributed by atoms with Crippen molar-refractivity contribution in [1.82, 2.24) is 0 Å². The quantitative estimate of drug-likeness (QED) is 0.865. The highest BCUT2D eigenvalue weighted by molar-refractivity contribution is 6.31. The lowest BCUT2D eigenvalue weighted by molar-refractivity contribution is 0.306. The molecule has 1 unspecified atom stereocenters. The fourth-order valence-electron chi connectivity index (χ4n) is 1.99. The summed E-state index contributed by atoms with van der Waals surface area (Å²) in [5.74, 6) is 0.853. The fraction of sp³-hybridized carbons (Fsp3) is 0.294. The Balaban J connectivity index is 2.00. The summed E-state index contributed by atoms with van der Waals surface area (Å²) in [5.41, 5.74) is 8.18.